The van der Waals surface area contributed by atoms with Gasteiger partial charge in [-0.1, -0.05) is 18.6 Å². The van der Waals surface area contributed by atoms with Gasteiger partial charge in [0.15, 0.2) is 0 Å². The Balaban J connectivity index is 2.57. The molecule has 4 nitrogen and oxygen atoms in total. The molecule has 0 bridgehead atoms. The molecule has 19 heavy (non-hydrogen) atoms. The van der Waals surface area contributed by atoms with Crippen molar-refractivity contribution in [2.45, 2.75) is 44.4 Å². The number of nitrogens with two attached hydrogens (primary N) is 1. The molecule has 0 radical (unpaired) electrons. The van der Waals surface area contributed by atoms with Crippen molar-refractivity contribution in [1.82, 2.24) is 0 Å². The molecule has 1 aromatic rings. The number of unbranched alkanes of at least 4 members (excludes halogenated alkanes) is 1. The predicted molar refractivity (Wildman–Crippen MR) is 75.2 cm³/mol. The molecular formula is C15H23NO3. The second-order valence-corrected chi connectivity index (χ2v) is 4.86. The van der Waals surface area contributed by atoms with Crippen LogP contribution in [0.1, 0.15) is 50.0 Å². The third-order valence-corrected chi connectivity index (χ3v) is 3.31. The molecule has 0 heterocycles. The van der Waals surface area contributed by atoms with Gasteiger partial charge in [-0.15, -0.1) is 0 Å². The van der Waals surface area contributed by atoms with Gasteiger partial charge in [0.25, 0.3) is 0 Å². The third kappa shape index (κ3) is 6.25. The second-order valence-electron chi connectivity index (χ2n) is 4.86. The fourth-order valence-corrected chi connectivity index (χ4v) is 2.26. The summed E-state index contributed by atoms with van der Waals surface area (Å²) in [5.74, 6) is -0.132. The Kier molecular flexibility index (Phi) is 6.97. The van der Waals surface area contributed by atoms with E-state index in [1.807, 2.05) is 12.1 Å². The van der Waals surface area contributed by atoms with Crippen LogP contribution in [0, 0.1) is 0 Å². The average Bonchev–Trinajstić information content (AvgIpc) is 2.38. The zero-order chi connectivity index (χ0) is 14.1. The molecule has 4 heteroatoms. The van der Waals surface area contributed by atoms with E-state index in [2.05, 4.69) is 0 Å². The van der Waals surface area contributed by atoms with E-state index in [-0.39, 0.29) is 12.2 Å². The molecule has 0 amide bonds. The summed E-state index contributed by atoms with van der Waals surface area (Å²) in [7, 11) is 0. The van der Waals surface area contributed by atoms with Gasteiger partial charge in [-0.25, -0.2) is 0 Å². The minimum absolute atomic E-state index is 0.214. The van der Waals surface area contributed by atoms with E-state index in [1.165, 1.54) is 5.56 Å². The maximum absolute atomic E-state index is 10.6. The lowest BCUT2D eigenvalue weighted by Gasteiger charge is -2.17. The van der Waals surface area contributed by atoms with E-state index in [0.717, 1.165) is 25.7 Å². The van der Waals surface area contributed by atoms with Crippen molar-refractivity contribution in [2.75, 3.05) is 6.54 Å². The van der Waals surface area contributed by atoms with E-state index in [4.69, 9.17) is 10.8 Å². The molecule has 1 aromatic carbocycles. The van der Waals surface area contributed by atoms with E-state index >= 15 is 0 Å². The molecule has 1 rings (SSSR count). The Morgan fingerprint density at radius 2 is 1.74 bits per heavy atom. The normalized spacial score (nSPS) is 12.3. The Labute approximate surface area is 114 Å². The number of carboxylic acids is 1. The van der Waals surface area contributed by atoms with Gasteiger partial charge in [0.05, 0.1) is 0 Å². The van der Waals surface area contributed by atoms with Crippen LogP contribution in [0.5, 0.6) is 5.75 Å². The third-order valence-electron chi connectivity index (χ3n) is 3.31. The van der Waals surface area contributed by atoms with E-state index < -0.39 is 5.97 Å². The number of hydrogen-bond acceptors (Lipinski definition) is 3. The zero-order valence-electron chi connectivity index (χ0n) is 11.2. The largest absolute Gasteiger partial charge is 0.508 e. The number of phenols is 1. The Bertz CT molecular complexity index is 375. The molecule has 1 atom stereocenters. The molecule has 0 aliphatic rings. The number of aromatic hydroxyl groups is 1. The van der Waals surface area contributed by atoms with Crippen molar-refractivity contribution in [2.24, 2.45) is 5.73 Å². The van der Waals surface area contributed by atoms with Crippen LogP contribution in [0.15, 0.2) is 24.3 Å². The molecule has 4 N–H and O–H groups in total. The summed E-state index contributed by atoms with van der Waals surface area (Å²) in [6.07, 6.45) is 4.82. The molecule has 0 aromatic heterocycles. The molecule has 0 aliphatic heterocycles. The smallest absolute Gasteiger partial charge is 0.303 e. The van der Waals surface area contributed by atoms with Gasteiger partial charge >= 0.3 is 5.97 Å². The lowest BCUT2D eigenvalue weighted by atomic mass is 9.89. The molecule has 106 valence electrons. The fraction of sp³-hybridized carbons (Fsp3) is 0.533. The van der Waals surface area contributed by atoms with Crippen molar-refractivity contribution in [3.63, 3.8) is 0 Å². The summed E-state index contributed by atoms with van der Waals surface area (Å²) in [5.41, 5.74) is 6.67. The van der Waals surface area contributed by atoms with Crippen LogP contribution in [0.2, 0.25) is 0 Å². The predicted octanol–water partition coefficient (Wildman–Crippen LogP) is 2.86. The van der Waals surface area contributed by atoms with Gasteiger partial charge in [-0.05, 0) is 55.8 Å². The van der Waals surface area contributed by atoms with E-state index in [9.17, 15) is 9.90 Å². The minimum Gasteiger partial charge on any atom is -0.508 e. The number of carbonyl (C=O) groups is 1. The highest BCUT2D eigenvalue weighted by molar-refractivity contribution is 5.66. The lowest BCUT2D eigenvalue weighted by Crippen LogP contribution is -2.04. The molecule has 0 saturated carbocycles. The first-order chi connectivity index (χ1) is 9.13. The minimum atomic E-state index is -0.744. The fourth-order valence-electron chi connectivity index (χ4n) is 2.26. The molecule has 0 aliphatic carbocycles. The number of carboxylic acid groups (broad SMARTS) is 1. The van der Waals surface area contributed by atoms with Crippen LogP contribution >= 0.6 is 0 Å². The van der Waals surface area contributed by atoms with Crippen LogP contribution < -0.4 is 5.73 Å². The summed E-state index contributed by atoms with van der Waals surface area (Å²) < 4.78 is 0. The van der Waals surface area contributed by atoms with Crippen molar-refractivity contribution < 1.29 is 15.0 Å². The first kappa shape index (κ1) is 15.5. The van der Waals surface area contributed by atoms with Crippen molar-refractivity contribution >= 4 is 5.97 Å². The highest BCUT2D eigenvalue weighted by Gasteiger charge is 2.12. The highest BCUT2D eigenvalue weighted by atomic mass is 16.4. The SMILES string of the molecule is NCCCCC(CCCC(=O)O)c1ccc(O)cc1. The van der Waals surface area contributed by atoms with E-state index in [0.29, 0.717) is 18.9 Å². The summed E-state index contributed by atoms with van der Waals surface area (Å²) in [5, 5.41) is 18.0. The van der Waals surface area contributed by atoms with Gasteiger partial charge in [0.2, 0.25) is 0 Å². The molecule has 0 spiro atoms. The average molecular weight is 265 g/mol. The number of hydrogen-bond donors (Lipinski definition) is 3. The molecular weight excluding hydrogens is 242 g/mol. The highest BCUT2D eigenvalue weighted by Crippen LogP contribution is 2.28. The number of phenolic OH excluding ortho intramolecular Hbond substituents is 1. The molecule has 0 saturated heterocycles. The maximum Gasteiger partial charge on any atom is 0.303 e. The second kappa shape index (κ2) is 8.53. The van der Waals surface area contributed by atoms with Gasteiger partial charge < -0.3 is 15.9 Å². The number of benzene rings is 1. The van der Waals surface area contributed by atoms with Gasteiger partial charge in [0.1, 0.15) is 5.75 Å². The van der Waals surface area contributed by atoms with Crippen LogP contribution in [0.25, 0.3) is 0 Å². The van der Waals surface area contributed by atoms with Gasteiger partial charge in [-0.3, -0.25) is 4.79 Å². The monoisotopic (exact) mass is 265 g/mol. The first-order valence-electron chi connectivity index (χ1n) is 6.84. The zero-order valence-corrected chi connectivity index (χ0v) is 11.2. The van der Waals surface area contributed by atoms with Gasteiger partial charge in [0, 0.05) is 6.42 Å². The van der Waals surface area contributed by atoms with Crippen molar-refractivity contribution in [3.05, 3.63) is 29.8 Å². The number of aliphatic carboxylic acids is 1. The van der Waals surface area contributed by atoms with Crippen LogP contribution in [-0.4, -0.2) is 22.7 Å². The molecule has 0 fully saturated rings. The van der Waals surface area contributed by atoms with E-state index in [1.54, 1.807) is 12.1 Å². The first-order valence-corrected chi connectivity index (χ1v) is 6.84. The van der Waals surface area contributed by atoms with Crippen molar-refractivity contribution in [3.8, 4) is 5.75 Å². The number of rotatable bonds is 9. The van der Waals surface area contributed by atoms with Gasteiger partial charge in [-0.2, -0.15) is 0 Å². The quantitative estimate of drug-likeness (QED) is 0.599. The van der Waals surface area contributed by atoms with Crippen molar-refractivity contribution in [1.29, 1.82) is 0 Å². The lowest BCUT2D eigenvalue weighted by molar-refractivity contribution is -0.137. The standard InChI is InChI=1S/C15H23NO3/c16-11-2-1-4-12(5-3-6-15(18)19)13-7-9-14(17)10-8-13/h7-10,12,17H,1-6,11,16H2,(H,18,19). The van der Waals surface area contributed by atoms with Crippen LogP contribution in [0.3, 0.4) is 0 Å². The van der Waals surface area contributed by atoms with Crippen LogP contribution in [0.4, 0.5) is 0 Å². The summed E-state index contributed by atoms with van der Waals surface area (Å²) in [6, 6.07) is 7.21. The summed E-state index contributed by atoms with van der Waals surface area (Å²) in [4.78, 5) is 10.6. The summed E-state index contributed by atoms with van der Waals surface area (Å²) in [6.45, 7) is 0.692. The van der Waals surface area contributed by atoms with Crippen LogP contribution in [-0.2, 0) is 4.79 Å². The Morgan fingerprint density at radius 1 is 1.11 bits per heavy atom. The summed E-state index contributed by atoms with van der Waals surface area (Å²) >= 11 is 0. The Hall–Kier alpha value is -1.55. The Morgan fingerprint density at radius 3 is 2.32 bits per heavy atom. The topological polar surface area (TPSA) is 83.6 Å². The maximum atomic E-state index is 10.6. The molecule has 1 unspecified atom stereocenters.